The van der Waals surface area contributed by atoms with Crippen LogP contribution in [-0.4, -0.2) is 57.0 Å². The zero-order valence-corrected chi connectivity index (χ0v) is 16.1. The number of carbonyl (C=O) groups is 1. The van der Waals surface area contributed by atoms with Gasteiger partial charge in [-0.15, -0.1) is 5.10 Å². The largest absolute Gasteiger partial charge is 0.332 e. The fraction of sp³-hybridized carbons (Fsp3) is 0.550. The topological polar surface area (TPSA) is 49.3 Å². The van der Waals surface area contributed by atoms with E-state index in [1.54, 1.807) is 0 Å². The minimum atomic E-state index is 0.135. The number of aryl methyl sites for hydroxylation is 2. The lowest BCUT2D eigenvalue weighted by Crippen LogP contribution is -2.60. The molecule has 2 bridgehead atoms. The Morgan fingerprint density at radius 3 is 2.50 bits per heavy atom. The van der Waals surface area contributed by atoms with Crippen LogP contribution in [-0.2, 0) is 0 Å². The molecule has 0 aliphatic carbocycles. The maximum atomic E-state index is 13.3. The SMILES string of the molecule is Cc1ccc([C@H]2CN(C(=O)c3snnc3C)[C@@H]3C4CCN(CC4)[C@H]23)cc1. The van der Waals surface area contributed by atoms with E-state index in [-0.39, 0.29) is 5.91 Å². The lowest BCUT2D eigenvalue weighted by atomic mass is 9.75. The molecule has 6 rings (SSSR count). The number of piperidine rings is 3. The van der Waals surface area contributed by atoms with Crippen molar-refractivity contribution in [2.24, 2.45) is 5.92 Å². The first-order valence-corrected chi connectivity index (χ1v) is 10.3. The van der Waals surface area contributed by atoms with E-state index < -0.39 is 0 Å². The Balaban J connectivity index is 1.53. The third kappa shape index (κ3) is 2.42. The van der Waals surface area contributed by atoms with Crippen molar-refractivity contribution < 1.29 is 4.79 Å². The van der Waals surface area contributed by atoms with Crippen LogP contribution in [0.15, 0.2) is 24.3 Å². The fourth-order valence-corrected chi connectivity index (χ4v) is 5.93. The maximum absolute atomic E-state index is 13.3. The highest BCUT2D eigenvalue weighted by molar-refractivity contribution is 7.07. The van der Waals surface area contributed by atoms with Crippen molar-refractivity contribution in [3.8, 4) is 0 Å². The van der Waals surface area contributed by atoms with Crippen LogP contribution < -0.4 is 0 Å². The summed E-state index contributed by atoms with van der Waals surface area (Å²) in [6.07, 6.45) is 2.43. The summed E-state index contributed by atoms with van der Waals surface area (Å²) >= 11 is 1.24. The second-order valence-electron chi connectivity index (χ2n) is 8.02. The van der Waals surface area contributed by atoms with Crippen LogP contribution in [0.4, 0.5) is 0 Å². The molecule has 2 aromatic rings. The van der Waals surface area contributed by atoms with E-state index in [1.807, 2.05) is 6.92 Å². The van der Waals surface area contributed by atoms with E-state index in [0.29, 0.717) is 28.8 Å². The van der Waals surface area contributed by atoms with Gasteiger partial charge in [0.1, 0.15) is 4.88 Å². The average Bonchev–Trinajstić information content (AvgIpc) is 3.28. The Hall–Kier alpha value is -1.79. The first-order valence-electron chi connectivity index (χ1n) is 9.54. The van der Waals surface area contributed by atoms with Crippen molar-refractivity contribution >= 4 is 17.4 Å². The van der Waals surface area contributed by atoms with Crippen molar-refractivity contribution in [1.82, 2.24) is 19.4 Å². The molecule has 1 aromatic carbocycles. The van der Waals surface area contributed by atoms with Gasteiger partial charge in [0.15, 0.2) is 0 Å². The van der Waals surface area contributed by atoms with Gasteiger partial charge in [0.2, 0.25) is 0 Å². The van der Waals surface area contributed by atoms with E-state index in [9.17, 15) is 4.79 Å². The van der Waals surface area contributed by atoms with E-state index in [0.717, 1.165) is 12.2 Å². The van der Waals surface area contributed by atoms with Gasteiger partial charge in [0, 0.05) is 18.5 Å². The molecule has 0 N–H and O–H groups in total. The zero-order chi connectivity index (χ0) is 17.8. The molecule has 6 heteroatoms. The van der Waals surface area contributed by atoms with Crippen molar-refractivity contribution in [1.29, 1.82) is 0 Å². The normalized spacial score (nSPS) is 32.7. The van der Waals surface area contributed by atoms with Gasteiger partial charge >= 0.3 is 0 Å². The molecular formula is C20H24N4OS. The molecule has 4 aliphatic heterocycles. The molecule has 4 saturated heterocycles. The number of fused-ring (bicyclic) bond motifs is 2. The molecule has 136 valence electrons. The van der Waals surface area contributed by atoms with Gasteiger partial charge < -0.3 is 4.90 Å². The second-order valence-corrected chi connectivity index (χ2v) is 8.77. The Bertz CT molecular complexity index is 825. The molecule has 5 nitrogen and oxygen atoms in total. The Labute approximate surface area is 158 Å². The molecule has 0 spiro atoms. The highest BCUT2D eigenvalue weighted by Crippen LogP contribution is 2.47. The molecule has 4 fully saturated rings. The first kappa shape index (κ1) is 16.4. The second kappa shape index (κ2) is 6.13. The number of likely N-dealkylation sites (tertiary alicyclic amines) is 1. The number of hydrogen-bond donors (Lipinski definition) is 0. The monoisotopic (exact) mass is 368 g/mol. The Kier molecular flexibility index (Phi) is 3.87. The molecule has 4 aliphatic rings. The van der Waals surface area contributed by atoms with Crippen LogP contribution in [0, 0.1) is 19.8 Å². The van der Waals surface area contributed by atoms with Gasteiger partial charge in [0.05, 0.1) is 11.7 Å². The van der Waals surface area contributed by atoms with Crippen molar-refractivity contribution in [3.63, 3.8) is 0 Å². The van der Waals surface area contributed by atoms with Crippen LogP contribution in [0.1, 0.15) is 45.3 Å². The molecule has 5 heterocycles. The van der Waals surface area contributed by atoms with E-state index in [2.05, 4.69) is 50.6 Å². The number of rotatable bonds is 2. The molecule has 0 unspecified atom stereocenters. The van der Waals surface area contributed by atoms with Gasteiger partial charge in [-0.1, -0.05) is 34.3 Å². The number of benzene rings is 1. The maximum Gasteiger partial charge on any atom is 0.267 e. The molecular weight excluding hydrogens is 344 g/mol. The van der Waals surface area contributed by atoms with Crippen LogP contribution in [0.2, 0.25) is 0 Å². The standard InChI is InChI=1S/C20H24N4OS/c1-12-3-5-14(6-4-12)16-11-24(20(25)19-13(2)21-22-26-19)17-15-7-9-23(10-8-15)18(16)17/h3-6,15-18H,7-11H2,1-2H3/t16-,17-,18-/m1/s1. The van der Waals surface area contributed by atoms with E-state index in [4.69, 9.17) is 0 Å². The zero-order valence-electron chi connectivity index (χ0n) is 15.3. The molecule has 3 atom stereocenters. The minimum absolute atomic E-state index is 0.135. The summed E-state index contributed by atoms with van der Waals surface area (Å²) in [6, 6.07) is 9.69. The molecule has 0 saturated carbocycles. The summed E-state index contributed by atoms with van der Waals surface area (Å²) < 4.78 is 3.99. The van der Waals surface area contributed by atoms with Crippen molar-refractivity contribution in [2.45, 2.75) is 44.7 Å². The summed E-state index contributed by atoms with van der Waals surface area (Å²) in [4.78, 5) is 18.8. The summed E-state index contributed by atoms with van der Waals surface area (Å²) in [5, 5.41) is 4.06. The summed E-state index contributed by atoms with van der Waals surface area (Å²) in [7, 11) is 0. The Morgan fingerprint density at radius 2 is 1.85 bits per heavy atom. The number of aromatic nitrogens is 2. The lowest BCUT2D eigenvalue weighted by molar-refractivity contribution is -0.00328. The van der Waals surface area contributed by atoms with Crippen LogP contribution >= 0.6 is 11.5 Å². The van der Waals surface area contributed by atoms with Crippen molar-refractivity contribution in [2.75, 3.05) is 19.6 Å². The summed E-state index contributed by atoms with van der Waals surface area (Å²) in [5.41, 5.74) is 3.41. The van der Waals surface area contributed by atoms with Gasteiger partial charge in [-0.2, -0.15) is 0 Å². The number of carbonyl (C=O) groups excluding carboxylic acids is 1. The van der Waals surface area contributed by atoms with Gasteiger partial charge in [0.25, 0.3) is 5.91 Å². The van der Waals surface area contributed by atoms with E-state index >= 15 is 0 Å². The summed E-state index contributed by atoms with van der Waals surface area (Å²) in [5.74, 6) is 1.16. The van der Waals surface area contributed by atoms with Gasteiger partial charge in [-0.25, -0.2) is 0 Å². The quantitative estimate of drug-likeness (QED) is 0.818. The average molecular weight is 369 g/mol. The van der Waals surface area contributed by atoms with Gasteiger partial charge in [-0.3, -0.25) is 9.69 Å². The van der Waals surface area contributed by atoms with Crippen LogP contribution in [0.5, 0.6) is 0 Å². The molecule has 26 heavy (non-hydrogen) atoms. The minimum Gasteiger partial charge on any atom is -0.332 e. The fourth-order valence-electron chi connectivity index (χ4n) is 5.32. The first-order chi connectivity index (χ1) is 12.6. The molecule has 1 amide bonds. The third-order valence-corrected chi connectivity index (χ3v) is 7.42. The number of amides is 1. The molecule has 0 radical (unpaired) electrons. The summed E-state index contributed by atoms with van der Waals surface area (Å²) in [6.45, 7) is 7.18. The smallest absolute Gasteiger partial charge is 0.267 e. The highest BCUT2D eigenvalue weighted by Gasteiger charge is 2.54. The van der Waals surface area contributed by atoms with Crippen LogP contribution in [0.25, 0.3) is 0 Å². The van der Waals surface area contributed by atoms with Crippen molar-refractivity contribution in [3.05, 3.63) is 46.0 Å². The molecule has 1 aromatic heterocycles. The Morgan fingerprint density at radius 1 is 1.12 bits per heavy atom. The predicted octanol–water partition coefficient (Wildman–Crippen LogP) is 2.86. The lowest BCUT2D eigenvalue weighted by Gasteiger charge is -2.51. The number of hydrogen-bond acceptors (Lipinski definition) is 5. The predicted molar refractivity (Wildman–Crippen MR) is 101 cm³/mol. The van der Waals surface area contributed by atoms with E-state index in [1.165, 1.54) is 48.6 Å². The number of nitrogens with zero attached hydrogens (tertiary/aromatic N) is 4. The van der Waals surface area contributed by atoms with Crippen LogP contribution in [0.3, 0.4) is 0 Å². The third-order valence-electron chi connectivity index (χ3n) is 6.61. The highest BCUT2D eigenvalue weighted by atomic mass is 32.1. The van der Waals surface area contributed by atoms with Gasteiger partial charge in [-0.05, 0) is 62.8 Å².